The number of rotatable bonds is 6. The zero-order valence-electron chi connectivity index (χ0n) is 9.20. The molecule has 0 aliphatic heterocycles. The predicted octanol–water partition coefficient (Wildman–Crippen LogP) is 3.74. The Labute approximate surface area is 91.8 Å². The van der Waals surface area contributed by atoms with Gasteiger partial charge in [-0.05, 0) is 18.4 Å². The number of allylic oxidation sites excluding steroid dienone is 1. The molecule has 0 unspecified atom stereocenters. The van der Waals surface area contributed by atoms with Crippen molar-refractivity contribution in [1.82, 2.24) is 0 Å². The first kappa shape index (κ1) is 11.7. The highest BCUT2D eigenvalue weighted by Crippen LogP contribution is 2.06. The minimum atomic E-state index is 0.609. The fraction of sp³-hybridized carbons (Fsp3) is 0.357. The molecule has 79 valence electrons. The maximum absolute atomic E-state index is 10.3. The molecule has 1 rings (SSSR count). The van der Waals surface area contributed by atoms with Gasteiger partial charge in [0.25, 0.3) is 0 Å². The zero-order chi connectivity index (χ0) is 10.9. The first-order chi connectivity index (χ1) is 7.36. The van der Waals surface area contributed by atoms with Crippen LogP contribution in [-0.4, -0.2) is 6.29 Å². The Morgan fingerprint density at radius 3 is 2.53 bits per heavy atom. The van der Waals surface area contributed by atoms with Gasteiger partial charge in [-0.15, -0.1) is 0 Å². The van der Waals surface area contributed by atoms with Crippen LogP contribution in [0.3, 0.4) is 0 Å². The lowest BCUT2D eigenvalue weighted by molar-refractivity contribution is 0.563. The van der Waals surface area contributed by atoms with Crippen LogP contribution in [0, 0.1) is 0 Å². The van der Waals surface area contributed by atoms with Crippen LogP contribution in [0.1, 0.15) is 43.7 Å². The van der Waals surface area contributed by atoms with E-state index in [9.17, 15) is 4.79 Å². The third kappa shape index (κ3) is 4.59. The molecule has 0 aliphatic carbocycles. The van der Waals surface area contributed by atoms with Gasteiger partial charge < -0.3 is 0 Å². The first-order valence-corrected chi connectivity index (χ1v) is 5.51. The predicted molar refractivity (Wildman–Crippen MR) is 64.4 cm³/mol. The highest BCUT2D eigenvalue weighted by Gasteiger charge is 1.90. The van der Waals surface area contributed by atoms with E-state index in [1.165, 1.54) is 19.3 Å². The number of benzene rings is 1. The highest BCUT2D eigenvalue weighted by atomic mass is 16.1. The molecule has 0 saturated carbocycles. The summed E-state index contributed by atoms with van der Waals surface area (Å²) in [5.74, 6) is 0. The Morgan fingerprint density at radius 1 is 1.20 bits per heavy atom. The van der Waals surface area contributed by atoms with Crippen molar-refractivity contribution in [2.75, 3.05) is 0 Å². The van der Waals surface area contributed by atoms with E-state index in [0.29, 0.717) is 5.56 Å². The van der Waals surface area contributed by atoms with Gasteiger partial charge in [-0.1, -0.05) is 56.2 Å². The fourth-order valence-electron chi connectivity index (χ4n) is 1.39. The molecule has 1 nitrogen and oxygen atoms in total. The molecule has 0 aromatic heterocycles. The first-order valence-electron chi connectivity index (χ1n) is 5.51. The van der Waals surface area contributed by atoms with Crippen molar-refractivity contribution in [3.63, 3.8) is 0 Å². The summed E-state index contributed by atoms with van der Waals surface area (Å²) in [6.45, 7) is 2.21. The minimum Gasteiger partial charge on any atom is -0.285 e. The van der Waals surface area contributed by atoms with E-state index < -0.39 is 0 Å². The fourth-order valence-corrected chi connectivity index (χ4v) is 1.39. The van der Waals surface area contributed by atoms with Crippen LogP contribution in [0.2, 0.25) is 0 Å². The number of carbonyl (C=O) groups excluding carboxylic acids is 1. The van der Waals surface area contributed by atoms with Crippen LogP contribution in [0.15, 0.2) is 30.3 Å². The summed E-state index contributed by atoms with van der Waals surface area (Å²) >= 11 is 0. The molecule has 0 saturated heterocycles. The lowest BCUT2D eigenvalue weighted by atomic mass is 10.1. The van der Waals surface area contributed by atoms with Gasteiger partial charge in [0, 0.05) is 5.56 Å². The Kier molecular flexibility index (Phi) is 5.46. The zero-order valence-corrected chi connectivity index (χ0v) is 9.20. The van der Waals surface area contributed by atoms with E-state index in [-0.39, 0.29) is 0 Å². The molecule has 1 aromatic carbocycles. The molecule has 0 heterocycles. The molecule has 15 heavy (non-hydrogen) atoms. The highest BCUT2D eigenvalue weighted by molar-refractivity contribution is 5.75. The van der Waals surface area contributed by atoms with Crippen LogP contribution in [-0.2, 0) is 4.79 Å². The summed E-state index contributed by atoms with van der Waals surface area (Å²) in [6.07, 6.45) is 11.1. The normalized spacial score (nSPS) is 10.7. The summed E-state index contributed by atoms with van der Waals surface area (Å²) in [5.41, 5.74) is 1.75. The van der Waals surface area contributed by atoms with Crippen molar-refractivity contribution in [2.45, 2.75) is 32.6 Å². The molecule has 0 fully saturated rings. The Balaban J connectivity index is 2.39. The maximum atomic E-state index is 10.3. The second kappa shape index (κ2) is 6.99. The average Bonchev–Trinajstić information content (AvgIpc) is 2.30. The molecule has 0 amide bonds. The average molecular weight is 201 g/mol. The van der Waals surface area contributed by atoms with Gasteiger partial charge in [0.05, 0.1) is 0 Å². The molecule has 1 heteroatoms. The SMILES string of the molecule is CCCCCC=Cc1ccc([C]=O)cc1. The molecule has 0 spiro atoms. The maximum Gasteiger partial charge on any atom is 0.233 e. The van der Waals surface area contributed by atoms with Crippen LogP contribution in [0.25, 0.3) is 6.08 Å². The third-order valence-electron chi connectivity index (χ3n) is 2.31. The minimum absolute atomic E-state index is 0.609. The van der Waals surface area contributed by atoms with E-state index in [1.54, 1.807) is 12.1 Å². The molecule has 1 radical (unpaired) electrons. The standard InChI is InChI=1S/C14H17O/c1-2-3-4-5-6-7-13-8-10-14(12-15)11-9-13/h6-11H,2-5H2,1H3. The van der Waals surface area contributed by atoms with Crippen molar-refractivity contribution >= 4 is 12.4 Å². The van der Waals surface area contributed by atoms with Crippen molar-refractivity contribution < 1.29 is 4.79 Å². The van der Waals surface area contributed by atoms with Crippen LogP contribution >= 0.6 is 0 Å². The quantitative estimate of drug-likeness (QED) is 0.641. The van der Waals surface area contributed by atoms with Gasteiger partial charge in [-0.2, -0.15) is 0 Å². The summed E-state index contributed by atoms with van der Waals surface area (Å²) in [5, 5.41) is 0. The monoisotopic (exact) mass is 201 g/mol. The van der Waals surface area contributed by atoms with E-state index >= 15 is 0 Å². The molecular weight excluding hydrogens is 184 g/mol. The lowest BCUT2D eigenvalue weighted by Gasteiger charge is -1.94. The van der Waals surface area contributed by atoms with Crippen molar-refractivity contribution in [2.24, 2.45) is 0 Å². The topological polar surface area (TPSA) is 17.1 Å². The van der Waals surface area contributed by atoms with Gasteiger partial charge in [0.2, 0.25) is 6.29 Å². The second-order valence-corrected chi connectivity index (χ2v) is 3.62. The molecule has 0 N–H and O–H groups in total. The largest absolute Gasteiger partial charge is 0.285 e. The van der Waals surface area contributed by atoms with Gasteiger partial charge in [0.1, 0.15) is 0 Å². The van der Waals surface area contributed by atoms with Gasteiger partial charge >= 0.3 is 0 Å². The van der Waals surface area contributed by atoms with Crippen molar-refractivity contribution in [3.05, 3.63) is 41.5 Å². The third-order valence-corrected chi connectivity index (χ3v) is 2.31. The molecule has 0 atom stereocenters. The summed E-state index contributed by atoms with van der Waals surface area (Å²) in [7, 11) is 0. The van der Waals surface area contributed by atoms with Crippen LogP contribution < -0.4 is 0 Å². The van der Waals surface area contributed by atoms with E-state index in [4.69, 9.17) is 0 Å². The second-order valence-electron chi connectivity index (χ2n) is 3.62. The van der Waals surface area contributed by atoms with Crippen molar-refractivity contribution in [1.29, 1.82) is 0 Å². The number of hydrogen-bond acceptors (Lipinski definition) is 1. The Hall–Kier alpha value is -1.37. The Morgan fingerprint density at radius 2 is 1.93 bits per heavy atom. The molecule has 1 aromatic rings. The summed E-state index contributed by atoms with van der Waals surface area (Å²) < 4.78 is 0. The molecular formula is C14H17O. The van der Waals surface area contributed by atoms with E-state index in [1.807, 2.05) is 18.4 Å². The van der Waals surface area contributed by atoms with E-state index in [0.717, 1.165) is 12.0 Å². The smallest absolute Gasteiger partial charge is 0.233 e. The summed E-state index contributed by atoms with van der Waals surface area (Å²) in [4.78, 5) is 10.3. The van der Waals surface area contributed by atoms with Crippen LogP contribution in [0.4, 0.5) is 0 Å². The van der Waals surface area contributed by atoms with Gasteiger partial charge in [0.15, 0.2) is 0 Å². The van der Waals surface area contributed by atoms with Crippen LogP contribution in [0.5, 0.6) is 0 Å². The number of hydrogen-bond donors (Lipinski definition) is 0. The Bertz CT molecular complexity index is 309. The number of unbranched alkanes of at least 4 members (excludes halogenated alkanes) is 3. The summed E-state index contributed by atoms with van der Waals surface area (Å²) in [6, 6.07) is 7.46. The van der Waals surface area contributed by atoms with E-state index in [2.05, 4.69) is 19.1 Å². The molecule has 0 bridgehead atoms. The molecule has 0 aliphatic rings. The van der Waals surface area contributed by atoms with Crippen molar-refractivity contribution in [3.8, 4) is 0 Å². The van der Waals surface area contributed by atoms with Gasteiger partial charge in [-0.25, -0.2) is 0 Å². The van der Waals surface area contributed by atoms with Gasteiger partial charge in [-0.3, -0.25) is 4.79 Å². The lowest BCUT2D eigenvalue weighted by Crippen LogP contribution is -1.79.